The van der Waals surface area contributed by atoms with Crippen LogP contribution in [0.5, 0.6) is 0 Å². The highest BCUT2D eigenvalue weighted by Crippen LogP contribution is 2.27. The van der Waals surface area contributed by atoms with E-state index >= 15 is 0 Å². The Bertz CT molecular complexity index is 563. The molecule has 0 aromatic heterocycles. The number of hydrogen-bond acceptors (Lipinski definition) is 0. The molecule has 0 N–H and O–H groups in total. The molecule has 0 nitrogen and oxygen atoms in total. The summed E-state index contributed by atoms with van der Waals surface area (Å²) in [4.78, 5) is 0. The van der Waals surface area contributed by atoms with Gasteiger partial charge in [0.15, 0.2) is 0 Å². The van der Waals surface area contributed by atoms with Gasteiger partial charge >= 0.3 is 0 Å². The molecular formula is C17H18BrF. The fourth-order valence-electron chi connectivity index (χ4n) is 2.42. The zero-order valence-electron chi connectivity index (χ0n) is 11.3. The van der Waals surface area contributed by atoms with Crippen molar-refractivity contribution >= 4 is 15.9 Å². The van der Waals surface area contributed by atoms with Crippen LogP contribution < -0.4 is 0 Å². The summed E-state index contributed by atoms with van der Waals surface area (Å²) < 4.78 is 13.4. The number of halogens is 2. The van der Waals surface area contributed by atoms with Crippen LogP contribution in [0.1, 0.15) is 28.2 Å². The summed E-state index contributed by atoms with van der Waals surface area (Å²) in [6.07, 6.45) is 0.861. The molecule has 2 aromatic rings. The van der Waals surface area contributed by atoms with Gasteiger partial charge in [-0.2, -0.15) is 0 Å². The lowest BCUT2D eigenvalue weighted by atomic mass is 9.89. The fourth-order valence-corrected chi connectivity index (χ4v) is 3.00. The molecule has 2 aromatic carbocycles. The maximum atomic E-state index is 13.4. The van der Waals surface area contributed by atoms with Crippen LogP contribution >= 0.6 is 15.9 Å². The summed E-state index contributed by atoms with van der Waals surface area (Å²) in [5.41, 5.74) is 4.87. The molecule has 0 heterocycles. The van der Waals surface area contributed by atoms with Gasteiger partial charge < -0.3 is 0 Å². The smallest absolute Gasteiger partial charge is 0.123 e. The highest BCUT2D eigenvalue weighted by atomic mass is 79.9. The topological polar surface area (TPSA) is 0 Å². The molecule has 1 atom stereocenters. The van der Waals surface area contributed by atoms with Gasteiger partial charge in [0.05, 0.1) is 0 Å². The van der Waals surface area contributed by atoms with E-state index in [9.17, 15) is 4.39 Å². The highest BCUT2D eigenvalue weighted by molar-refractivity contribution is 9.09. The van der Waals surface area contributed by atoms with E-state index in [-0.39, 0.29) is 5.82 Å². The molecule has 0 aliphatic heterocycles. The normalized spacial score (nSPS) is 12.4. The Morgan fingerprint density at radius 1 is 1.05 bits per heavy atom. The van der Waals surface area contributed by atoms with Gasteiger partial charge in [-0.25, -0.2) is 4.39 Å². The number of alkyl halides is 1. The van der Waals surface area contributed by atoms with E-state index in [4.69, 9.17) is 0 Å². The van der Waals surface area contributed by atoms with E-state index in [0.717, 1.165) is 22.9 Å². The second-order valence-corrected chi connectivity index (χ2v) is 5.63. The summed E-state index contributed by atoms with van der Waals surface area (Å²) in [5, 5.41) is 0.883. The molecule has 0 fully saturated rings. The monoisotopic (exact) mass is 320 g/mol. The molecular weight excluding hydrogens is 303 g/mol. The zero-order valence-corrected chi connectivity index (χ0v) is 12.9. The quantitative estimate of drug-likeness (QED) is 0.682. The third-order valence-electron chi connectivity index (χ3n) is 3.59. The third-order valence-corrected chi connectivity index (χ3v) is 4.37. The van der Waals surface area contributed by atoms with Crippen LogP contribution in [-0.2, 0) is 6.42 Å². The average molecular weight is 321 g/mol. The molecule has 0 bridgehead atoms. The van der Waals surface area contributed by atoms with Crippen LogP contribution in [0.3, 0.4) is 0 Å². The van der Waals surface area contributed by atoms with Crippen molar-refractivity contribution in [3.63, 3.8) is 0 Å². The SMILES string of the molecule is Cc1ccc(F)cc1CC(CBr)c1ccccc1C. The van der Waals surface area contributed by atoms with Crippen LogP contribution in [0.2, 0.25) is 0 Å². The Morgan fingerprint density at radius 2 is 1.79 bits per heavy atom. The number of hydrogen-bond donors (Lipinski definition) is 0. The van der Waals surface area contributed by atoms with Gasteiger partial charge in [0, 0.05) is 5.33 Å². The van der Waals surface area contributed by atoms with Crippen molar-refractivity contribution in [3.05, 3.63) is 70.5 Å². The molecule has 0 aliphatic rings. The molecule has 2 rings (SSSR count). The summed E-state index contributed by atoms with van der Waals surface area (Å²) in [5.74, 6) is 0.223. The van der Waals surface area contributed by atoms with Crippen molar-refractivity contribution in [1.29, 1.82) is 0 Å². The van der Waals surface area contributed by atoms with E-state index < -0.39 is 0 Å². The Kier molecular flexibility index (Phi) is 4.76. The van der Waals surface area contributed by atoms with Crippen molar-refractivity contribution in [2.45, 2.75) is 26.2 Å². The zero-order chi connectivity index (χ0) is 13.8. The van der Waals surface area contributed by atoms with E-state index in [1.807, 2.05) is 13.0 Å². The van der Waals surface area contributed by atoms with Crippen molar-refractivity contribution in [3.8, 4) is 0 Å². The van der Waals surface area contributed by atoms with Gasteiger partial charge in [-0.1, -0.05) is 46.3 Å². The minimum absolute atomic E-state index is 0.154. The number of rotatable bonds is 4. The molecule has 0 spiro atoms. The van der Waals surface area contributed by atoms with Gasteiger partial charge in [0.1, 0.15) is 5.82 Å². The van der Waals surface area contributed by atoms with Crippen LogP contribution in [0.4, 0.5) is 4.39 Å². The minimum Gasteiger partial charge on any atom is -0.207 e. The number of aryl methyl sites for hydroxylation is 2. The van der Waals surface area contributed by atoms with E-state index in [1.54, 1.807) is 6.07 Å². The second kappa shape index (κ2) is 6.33. The van der Waals surface area contributed by atoms with E-state index in [2.05, 4.69) is 47.1 Å². The summed E-state index contributed by atoms with van der Waals surface area (Å²) in [6.45, 7) is 4.17. The molecule has 0 aliphatic carbocycles. The average Bonchev–Trinajstić information content (AvgIpc) is 2.41. The first-order valence-corrected chi connectivity index (χ1v) is 7.60. The molecule has 100 valence electrons. The molecule has 0 radical (unpaired) electrons. The maximum Gasteiger partial charge on any atom is 0.123 e. The second-order valence-electron chi connectivity index (χ2n) is 4.98. The standard InChI is InChI=1S/C17H18BrF/c1-12-7-8-16(19)10-14(12)9-15(11-18)17-6-4-3-5-13(17)2/h3-8,10,15H,9,11H2,1-2H3. The molecule has 2 heteroatoms. The van der Waals surface area contributed by atoms with Crippen molar-refractivity contribution in [1.82, 2.24) is 0 Å². The first-order valence-electron chi connectivity index (χ1n) is 6.48. The van der Waals surface area contributed by atoms with Crippen LogP contribution in [-0.4, -0.2) is 5.33 Å². The summed E-state index contributed by atoms with van der Waals surface area (Å²) in [7, 11) is 0. The Morgan fingerprint density at radius 3 is 2.47 bits per heavy atom. The van der Waals surface area contributed by atoms with Gasteiger partial charge in [-0.15, -0.1) is 0 Å². The highest BCUT2D eigenvalue weighted by Gasteiger charge is 2.14. The molecule has 0 amide bonds. The Hall–Kier alpha value is -1.15. The Balaban J connectivity index is 2.29. The first-order chi connectivity index (χ1) is 9.11. The molecule has 1 unspecified atom stereocenters. The lowest BCUT2D eigenvalue weighted by Gasteiger charge is -2.18. The summed E-state index contributed by atoms with van der Waals surface area (Å²) >= 11 is 3.59. The fraction of sp³-hybridized carbons (Fsp3) is 0.294. The minimum atomic E-state index is -0.154. The predicted octanol–water partition coefficient (Wildman–Crippen LogP) is 5.16. The summed E-state index contributed by atoms with van der Waals surface area (Å²) in [6, 6.07) is 13.4. The van der Waals surface area contributed by atoms with Gasteiger partial charge in [0.25, 0.3) is 0 Å². The van der Waals surface area contributed by atoms with Crippen molar-refractivity contribution in [2.24, 2.45) is 0 Å². The first kappa shape index (κ1) is 14.3. The molecule has 0 saturated carbocycles. The van der Waals surface area contributed by atoms with Crippen LogP contribution in [0, 0.1) is 19.7 Å². The lowest BCUT2D eigenvalue weighted by Crippen LogP contribution is -2.07. The number of benzene rings is 2. The van der Waals surface area contributed by atoms with Gasteiger partial charge in [0.2, 0.25) is 0 Å². The van der Waals surface area contributed by atoms with E-state index in [0.29, 0.717) is 5.92 Å². The Labute approximate surface area is 122 Å². The third kappa shape index (κ3) is 3.44. The molecule has 0 saturated heterocycles. The predicted molar refractivity (Wildman–Crippen MR) is 82.6 cm³/mol. The lowest BCUT2D eigenvalue weighted by molar-refractivity contribution is 0.622. The van der Waals surface area contributed by atoms with Crippen LogP contribution in [0.25, 0.3) is 0 Å². The molecule has 19 heavy (non-hydrogen) atoms. The van der Waals surface area contributed by atoms with Gasteiger partial charge in [-0.3, -0.25) is 0 Å². The maximum absolute atomic E-state index is 13.4. The largest absolute Gasteiger partial charge is 0.207 e. The van der Waals surface area contributed by atoms with Crippen LogP contribution in [0.15, 0.2) is 42.5 Å². The van der Waals surface area contributed by atoms with Crippen molar-refractivity contribution in [2.75, 3.05) is 5.33 Å². The van der Waals surface area contributed by atoms with Crippen molar-refractivity contribution < 1.29 is 4.39 Å². The van der Waals surface area contributed by atoms with Gasteiger partial charge in [-0.05, 0) is 60.6 Å². The van der Waals surface area contributed by atoms with E-state index in [1.165, 1.54) is 17.2 Å².